The second kappa shape index (κ2) is 4.10. The molecule has 0 fully saturated rings. The summed E-state index contributed by atoms with van der Waals surface area (Å²) in [5, 5.41) is 2.77. The standard InChI is InChI=1S/C9H7ClN4O/c10-8-6(2-1-3-12-8)9(15)14-7-4-11-5-13-7/h1-5H,(H,11,13)(H,14,15). The van der Waals surface area contributed by atoms with E-state index in [1.807, 2.05) is 0 Å². The number of carbonyl (C=O) groups excluding carboxylic acids is 1. The third-order valence-electron chi connectivity index (χ3n) is 1.75. The Kier molecular flexibility index (Phi) is 2.64. The highest BCUT2D eigenvalue weighted by molar-refractivity contribution is 6.33. The smallest absolute Gasteiger partial charge is 0.259 e. The van der Waals surface area contributed by atoms with Crippen LogP contribution in [0.1, 0.15) is 10.4 Å². The lowest BCUT2D eigenvalue weighted by Gasteiger charge is -2.02. The molecule has 2 N–H and O–H groups in total. The Morgan fingerprint density at radius 1 is 1.53 bits per heavy atom. The minimum Gasteiger partial charge on any atom is -0.331 e. The van der Waals surface area contributed by atoms with Gasteiger partial charge in [-0.05, 0) is 12.1 Å². The van der Waals surface area contributed by atoms with Crippen LogP contribution < -0.4 is 5.32 Å². The Hall–Kier alpha value is -1.88. The zero-order valence-electron chi connectivity index (χ0n) is 7.57. The number of aromatic nitrogens is 3. The number of hydrogen-bond donors (Lipinski definition) is 2. The van der Waals surface area contributed by atoms with Gasteiger partial charge >= 0.3 is 0 Å². The molecule has 2 rings (SSSR count). The molecule has 15 heavy (non-hydrogen) atoms. The van der Waals surface area contributed by atoms with Crippen LogP contribution in [0.25, 0.3) is 0 Å². The molecule has 0 saturated heterocycles. The van der Waals surface area contributed by atoms with E-state index in [2.05, 4.69) is 20.3 Å². The first-order chi connectivity index (χ1) is 7.27. The number of nitrogens with one attached hydrogen (secondary N) is 2. The largest absolute Gasteiger partial charge is 0.331 e. The van der Waals surface area contributed by atoms with Crippen molar-refractivity contribution in [2.45, 2.75) is 0 Å². The molecule has 0 radical (unpaired) electrons. The molecule has 0 atom stereocenters. The summed E-state index contributed by atoms with van der Waals surface area (Å²) < 4.78 is 0. The third kappa shape index (κ3) is 2.13. The van der Waals surface area contributed by atoms with E-state index in [1.54, 1.807) is 12.1 Å². The normalized spacial score (nSPS) is 9.93. The molecule has 0 aliphatic heterocycles. The van der Waals surface area contributed by atoms with E-state index >= 15 is 0 Å². The number of amides is 1. The Morgan fingerprint density at radius 2 is 2.40 bits per heavy atom. The highest BCUT2D eigenvalue weighted by atomic mass is 35.5. The molecule has 0 spiro atoms. The molecule has 2 aromatic heterocycles. The summed E-state index contributed by atoms with van der Waals surface area (Å²) in [4.78, 5) is 22.0. The molecule has 2 heterocycles. The van der Waals surface area contributed by atoms with E-state index in [4.69, 9.17) is 11.6 Å². The fraction of sp³-hybridized carbons (Fsp3) is 0. The quantitative estimate of drug-likeness (QED) is 0.760. The molecule has 5 nitrogen and oxygen atoms in total. The number of rotatable bonds is 2. The number of nitrogens with zero attached hydrogens (tertiary/aromatic N) is 2. The van der Waals surface area contributed by atoms with Gasteiger partial charge in [-0.15, -0.1) is 0 Å². The van der Waals surface area contributed by atoms with Gasteiger partial charge in [-0.1, -0.05) is 11.6 Å². The average molecular weight is 223 g/mol. The molecule has 0 bridgehead atoms. The van der Waals surface area contributed by atoms with Crippen molar-refractivity contribution in [3.05, 3.63) is 41.6 Å². The fourth-order valence-corrected chi connectivity index (χ4v) is 1.27. The number of carbonyl (C=O) groups is 1. The lowest BCUT2D eigenvalue weighted by Crippen LogP contribution is -2.12. The first kappa shape index (κ1) is 9.67. The number of imidazole rings is 1. The number of aromatic amines is 1. The molecule has 0 aliphatic carbocycles. The minimum atomic E-state index is -0.322. The van der Waals surface area contributed by atoms with Gasteiger partial charge in [0.1, 0.15) is 11.0 Å². The topological polar surface area (TPSA) is 70.7 Å². The van der Waals surface area contributed by atoms with Crippen molar-refractivity contribution in [2.75, 3.05) is 5.32 Å². The molecule has 1 amide bonds. The van der Waals surface area contributed by atoms with Gasteiger partial charge in [0.25, 0.3) is 5.91 Å². The van der Waals surface area contributed by atoms with Crippen molar-refractivity contribution in [1.82, 2.24) is 15.0 Å². The van der Waals surface area contributed by atoms with Crippen molar-refractivity contribution in [2.24, 2.45) is 0 Å². The van der Waals surface area contributed by atoms with Crippen LogP contribution in [0.4, 0.5) is 5.82 Å². The van der Waals surface area contributed by atoms with Crippen molar-refractivity contribution >= 4 is 23.3 Å². The Morgan fingerprint density at radius 3 is 3.07 bits per heavy atom. The van der Waals surface area contributed by atoms with Gasteiger partial charge in [0.15, 0.2) is 0 Å². The maximum absolute atomic E-state index is 11.6. The molecular weight excluding hydrogens is 216 g/mol. The monoisotopic (exact) mass is 222 g/mol. The third-order valence-corrected chi connectivity index (χ3v) is 2.05. The first-order valence-corrected chi connectivity index (χ1v) is 4.55. The molecule has 2 aromatic rings. The molecular formula is C9H7ClN4O. The van der Waals surface area contributed by atoms with Gasteiger partial charge in [0.05, 0.1) is 18.1 Å². The Balaban J connectivity index is 2.19. The zero-order valence-corrected chi connectivity index (χ0v) is 8.32. The Labute approximate surface area is 90.5 Å². The first-order valence-electron chi connectivity index (χ1n) is 4.17. The lowest BCUT2D eigenvalue weighted by molar-refractivity contribution is 0.102. The molecule has 0 aromatic carbocycles. The number of pyridine rings is 1. The van der Waals surface area contributed by atoms with Crippen LogP contribution >= 0.6 is 11.6 Å². The molecule has 0 unspecified atom stereocenters. The van der Waals surface area contributed by atoms with Gasteiger partial charge in [-0.25, -0.2) is 9.97 Å². The molecule has 0 aliphatic rings. The maximum Gasteiger partial charge on any atom is 0.259 e. The summed E-state index contributed by atoms with van der Waals surface area (Å²) in [6.45, 7) is 0. The van der Waals surface area contributed by atoms with E-state index in [0.717, 1.165) is 0 Å². The van der Waals surface area contributed by atoms with E-state index in [1.165, 1.54) is 18.7 Å². The van der Waals surface area contributed by atoms with Gasteiger partial charge in [0.2, 0.25) is 0 Å². The average Bonchev–Trinajstić information content (AvgIpc) is 2.71. The molecule has 76 valence electrons. The number of hydrogen-bond acceptors (Lipinski definition) is 3. The SMILES string of the molecule is O=C(Nc1cnc[nH]1)c1cccnc1Cl. The van der Waals surface area contributed by atoms with E-state index in [-0.39, 0.29) is 11.1 Å². The van der Waals surface area contributed by atoms with Gasteiger partial charge in [0, 0.05) is 6.20 Å². The predicted molar refractivity (Wildman–Crippen MR) is 55.8 cm³/mol. The second-order valence-electron chi connectivity index (χ2n) is 2.76. The van der Waals surface area contributed by atoms with Gasteiger partial charge < -0.3 is 10.3 Å². The van der Waals surface area contributed by atoms with Crippen LogP contribution in [0.3, 0.4) is 0 Å². The highest BCUT2D eigenvalue weighted by Crippen LogP contribution is 2.13. The van der Waals surface area contributed by atoms with Crippen LogP contribution in [0, 0.1) is 0 Å². The Bertz CT molecular complexity index is 469. The number of anilines is 1. The van der Waals surface area contributed by atoms with Crippen molar-refractivity contribution in [3.63, 3.8) is 0 Å². The summed E-state index contributed by atoms with van der Waals surface area (Å²) in [7, 11) is 0. The number of H-pyrrole nitrogens is 1. The summed E-state index contributed by atoms with van der Waals surface area (Å²) >= 11 is 5.76. The van der Waals surface area contributed by atoms with Crippen molar-refractivity contribution in [1.29, 1.82) is 0 Å². The lowest BCUT2D eigenvalue weighted by atomic mass is 10.3. The highest BCUT2D eigenvalue weighted by Gasteiger charge is 2.10. The van der Waals surface area contributed by atoms with Crippen molar-refractivity contribution in [3.8, 4) is 0 Å². The van der Waals surface area contributed by atoms with Crippen molar-refractivity contribution < 1.29 is 4.79 Å². The zero-order chi connectivity index (χ0) is 10.7. The van der Waals surface area contributed by atoms with E-state index in [0.29, 0.717) is 11.4 Å². The summed E-state index contributed by atoms with van der Waals surface area (Å²) in [5.41, 5.74) is 0.328. The van der Waals surface area contributed by atoms with Crippen LogP contribution in [-0.4, -0.2) is 20.9 Å². The maximum atomic E-state index is 11.6. The van der Waals surface area contributed by atoms with Crippen LogP contribution in [0.2, 0.25) is 5.15 Å². The van der Waals surface area contributed by atoms with Crippen LogP contribution in [0.15, 0.2) is 30.9 Å². The second-order valence-corrected chi connectivity index (χ2v) is 3.12. The molecule has 0 saturated carbocycles. The van der Waals surface area contributed by atoms with Crippen LogP contribution in [0.5, 0.6) is 0 Å². The van der Waals surface area contributed by atoms with Crippen LogP contribution in [-0.2, 0) is 0 Å². The van der Waals surface area contributed by atoms with E-state index < -0.39 is 0 Å². The summed E-state index contributed by atoms with van der Waals surface area (Å²) in [6.07, 6.45) is 4.50. The number of halogens is 1. The summed E-state index contributed by atoms with van der Waals surface area (Å²) in [5.74, 6) is 0.192. The van der Waals surface area contributed by atoms with Gasteiger partial charge in [-0.3, -0.25) is 4.79 Å². The minimum absolute atomic E-state index is 0.175. The van der Waals surface area contributed by atoms with E-state index in [9.17, 15) is 4.79 Å². The fourth-order valence-electron chi connectivity index (χ4n) is 1.07. The molecule has 6 heteroatoms. The summed E-state index contributed by atoms with van der Waals surface area (Å²) in [6, 6.07) is 3.24. The predicted octanol–water partition coefficient (Wildman–Crippen LogP) is 1.71. The van der Waals surface area contributed by atoms with Gasteiger partial charge in [-0.2, -0.15) is 0 Å².